The third-order valence-electron chi connectivity index (χ3n) is 5.28. The highest BCUT2D eigenvalue weighted by molar-refractivity contribution is 5.92. The minimum atomic E-state index is -0.386. The smallest absolute Gasteiger partial charge is 0.287 e. The maximum Gasteiger partial charge on any atom is 0.287 e. The Morgan fingerprint density at radius 3 is 2.83 bits per heavy atom. The van der Waals surface area contributed by atoms with Crippen molar-refractivity contribution in [1.82, 2.24) is 15.2 Å². The van der Waals surface area contributed by atoms with E-state index in [1.54, 1.807) is 12.1 Å². The Hall–Kier alpha value is -2.21. The van der Waals surface area contributed by atoms with E-state index in [4.69, 9.17) is 4.42 Å². The van der Waals surface area contributed by atoms with Crippen LogP contribution >= 0.6 is 0 Å². The van der Waals surface area contributed by atoms with Crippen LogP contribution in [0.25, 0.3) is 11.5 Å². The summed E-state index contributed by atoms with van der Waals surface area (Å²) in [5, 5.41) is 3.12. The van der Waals surface area contributed by atoms with Crippen molar-refractivity contribution in [3.8, 4) is 11.5 Å². The SMILES string of the molecule is CC1C(NC(=O)c2ccc(-c3cc(F)ccn3)o2)C2CCN1CC2. The molecule has 3 fully saturated rings. The molecule has 1 N–H and O–H groups in total. The molecule has 1 amide bonds. The summed E-state index contributed by atoms with van der Waals surface area (Å²) in [5.41, 5.74) is 0.380. The fraction of sp³-hybridized carbons (Fsp3) is 0.444. The molecule has 2 unspecified atom stereocenters. The van der Waals surface area contributed by atoms with Crippen LogP contribution in [-0.2, 0) is 0 Å². The van der Waals surface area contributed by atoms with Gasteiger partial charge in [0.15, 0.2) is 11.5 Å². The number of hydrogen-bond donors (Lipinski definition) is 1. The molecule has 2 aromatic rings. The van der Waals surface area contributed by atoms with E-state index in [0.717, 1.165) is 25.9 Å². The van der Waals surface area contributed by atoms with E-state index >= 15 is 0 Å². The van der Waals surface area contributed by atoms with Crippen LogP contribution in [0.3, 0.4) is 0 Å². The molecule has 0 aliphatic carbocycles. The van der Waals surface area contributed by atoms with E-state index in [2.05, 4.69) is 22.1 Å². The molecule has 3 aliphatic heterocycles. The molecular formula is C18H20FN3O2. The van der Waals surface area contributed by atoms with Crippen molar-refractivity contribution in [2.75, 3.05) is 13.1 Å². The zero-order valence-corrected chi connectivity index (χ0v) is 13.5. The third kappa shape index (κ3) is 2.71. The van der Waals surface area contributed by atoms with Crippen LogP contribution < -0.4 is 5.32 Å². The molecule has 5 nitrogen and oxygen atoms in total. The molecule has 0 spiro atoms. The first-order valence-corrected chi connectivity index (χ1v) is 8.38. The summed E-state index contributed by atoms with van der Waals surface area (Å²) in [4.78, 5) is 19.0. The number of carbonyl (C=O) groups excluding carboxylic acids is 1. The second kappa shape index (κ2) is 6.02. The van der Waals surface area contributed by atoms with Crippen LogP contribution in [-0.4, -0.2) is 41.0 Å². The van der Waals surface area contributed by atoms with Gasteiger partial charge in [-0.05, 0) is 57.0 Å². The number of furan rings is 1. The Balaban J connectivity index is 1.49. The largest absolute Gasteiger partial charge is 0.449 e. The topological polar surface area (TPSA) is 58.4 Å². The lowest BCUT2D eigenvalue weighted by Crippen LogP contribution is -2.62. The van der Waals surface area contributed by atoms with E-state index < -0.39 is 0 Å². The van der Waals surface area contributed by atoms with Crippen molar-refractivity contribution < 1.29 is 13.6 Å². The molecule has 3 aliphatic rings. The van der Waals surface area contributed by atoms with Crippen LogP contribution in [0, 0.1) is 11.7 Å². The minimum Gasteiger partial charge on any atom is -0.449 e. The van der Waals surface area contributed by atoms with Gasteiger partial charge in [0, 0.05) is 24.3 Å². The van der Waals surface area contributed by atoms with E-state index in [9.17, 15) is 9.18 Å². The molecule has 2 aromatic heterocycles. The van der Waals surface area contributed by atoms with Gasteiger partial charge < -0.3 is 9.73 Å². The number of aromatic nitrogens is 1. The first-order chi connectivity index (χ1) is 11.6. The first kappa shape index (κ1) is 15.3. The Bertz CT molecular complexity index is 750. The number of nitrogens with one attached hydrogen (secondary N) is 1. The van der Waals surface area contributed by atoms with E-state index in [0.29, 0.717) is 23.4 Å². The van der Waals surface area contributed by atoms with Crippen molar-refractivity contribution in [1.29, 1.82) is 0 Å². The lowest BCUT2D eigenvalue weighted by Gasteiger charge is -2.49. The summed E-state index contributed by atoms with van der Waals surface area (Å²) in [5.74, 6) is 0.557. The number of hydrogen-bond acceptors (Lipinski definition) is 4. The van der Waals surface area contributed by atoms with E-state index in [-0.39, 0.29) is 23.5 Å². The maximum absolute atomic E-state index is 13.3. The third-order valence-corrected chi connectivity index (χ3v) is 5.28. The number of piperidine rings is 3. The lowest BCUT2D eigenvalue weighted by atomic mass is 9.79. The lowest BCUT2D eigenvalue weighted by molar-refractivity contribution is 0.0211. The highest BCUT2D eigenvalue weighted by atomic mass is 19.1. The van der Waals surface area contributed by atoms with Crippen molar-refractivity contribution in [3.63, 3.8) is 0 Å². The molecule has 3 saturated heterocycles. The minimum absolute atomic E-state index is 0.154. The predicted molar refractivity (Wildman–Crippen MR) is 86.9 cm³/mol. The van der Waals surface area contributed by atoms with Gasteiger partial charge in [0.2, 0.25) is 0 Å². The summed E-state index contributed by atoms with van der Waals surface area (Å²) in [6.45, 7) is 4.41. The van der Waals surface area contributed by atoms with Gasteiger partial charge in [-0.2, -0.15) is 0 Å². The number of amides is 1. The van der Waals surface area contributed by atoms with Crippen LogP contribution in [0.5, 0.6) is 0 Å². The number of fused-ring (bicyclic) bond motifs is 3. The van der Waals surface area contributed by atoms with Crippen molar-refractivity contribution in [2.45, 2.75) is 31.8 Å². The van der Waals surface area contributed by atoms with Crippen molar-refractivity contribution in [3.05, 3.63) is 42.0 Å². The van der Waals surface area contributed by atoms with E-state index in [1.807, 2.05) is 0 Å². The molecular weight excluding hydrogens is 309 g/mol. The zero-order valence-electron chi connectivity index (χ0n) is 13.5. The average molecular weight is 329 g/mol. The molecule has 2 bridgehead atoms. The Kier molecular flexibility index (Phi) is 3.84. The summed E-state index contributed by atoms with van der Waals surface area (Å²) < 4.78 is 18.9. The quantitative estimate of drug-likeness (QED) is 0.941. The van der Waals surface area contributed by atoms with Crippen molar-refractivity contribution >= 4 is 5.91 Å². The standard InChI is InChI=1S/C18H20FN3O2/c1-11-17(12-5-8-22(11)9-6-12)21-18(23)16-3-2-15(24-16)14-10-13(19)4-7-20-14/h2-4,7,10-12,17H,5-6,8-9H2,1H3,(H,21,23). The summed E-state index contributed by atoms with van der Waals surface area (Å²) in [6.07, 6.45) is 3.64. The number of halogens is 1. The van der Waals surface area contributed by atoms with E-state index in [1.165, 1.54) is 18.3 Å². The molecule has 0 radical (unpaired) electrons. The number of rotatable bonds is 3. The van der Waals surface area contributed by atoms with Crippen LogP contribution in [0.4, 0.5) is 4.39 Å². The van der Waals surface area contributed by atoms with Gasteiger partial charge >= 0.3 is 0 Å². The van der Waals surface area contributed by atoms with Gasteiger partial charge in [-0.15, -0.1) is 0 Å². The van der Waals surface area contributed by atoms with Gasteiger partial charge in [0.05, 0.1) is 0 Å². The molecule has 5 heterocycles. The van der Waals surface area contributed by atoms with Gasteiger partial charge in [-0.25, -0.2) is 4.39 Å². The van der Waals surface area contributed by atoms with Crippen LogP contribution in [0.2, 0.25) is 0 Å². The fourth-order valence-corrected chi connectivity index (χ4v) is 3.90. The first-order valence-electron chi connectivity index (χ1n) is 8.38. The second-order valence-electron chi connectivity index (χ2n) is 6.64. The molecule has 24 heavy (non-hydrogen) atoms. The Morgan fingerprint density at radius 1 is 1.33 bits per heavy atom. The van der Waals surface area contributed by atoms with Gasteiger partial charge in [0.1, 0.15) is 11.5 Å². The summed E-state index contributed by atoms with van der Waals surface area (Å²) in [7, 11) is 0. The number of carbonyl (C=O) groups is 1. The van der Waals surface area contributed by atoms with Gasteiger partial charge in [-0.1, -0.05) is 0 Å². The normalized spacial score (nSPS) is 28.8. The van der Waals surface area contributed by atoms with Gasteiger partial charge in [0.25, 0.3) is 5.91 Å². The Morgan fingerprint density at radius 2 is 2.12 bits per heavy atom. The maximum atomic E-state index is 13.3. The molecule has 0 saturated carbocycles. The number of pyridine rings is 1. The average Bonchev–Trinajstić information content (AvgIpc) is 3.09. The monoisotopic (exact) mass is 329 g/mol. The predicted octanol–water partition coefficient (Wildman–Crippen LogP) is 2.69. The zero-order chi connectivity index (χ0) is 16.7. The molecule has 2 atom stereocenters. The number of nitrogens with zero attached hydrogens (tertiary/aromatic N) is 2. The van der Waals surface area contributed by atoms with Crippen LogP contribution in [0.1, 0.15) is 30.3 Å². The molecule has 126 valence electrons. The highest BCUT2D eigenvalue weighted by Crippen LogP contribution is 2.32. The molecule has 5 rings (SSSR count). The summed E-state index contributed by atoms with van der Waals surface area (Å²) >= 11 is 0. The molecule has 0 aromatic carbocycles. The second-order valence-corrected chi connectivity index (χ2v) is 6.64. The summed E-state index contributed by atoms with van der Waals surface area (Å²) in [6, 6.07) is 6.33. The molecule has 6 heteroatoms. The van der Waals surface area contributed by atoms with Crippen LogP contribution in [0.15, 0.2) is 34.9 Å². The fourth-order valence-electron chi connectivity index (χ4n) is 3.90. The van der Waals surface area contributed by atoms with Crippen molar-refractivity contribution in [2.24, 2.45) is 5.92 Å². The Labute approximate surface area is 139 Å². The van der Waals surface area contributed by atoms with Gasteiger partial charge in [-0.3, -0.25) is 14.7 Å². The highest BCUT2D eigenvalue weighted by Gasteiger charge is 2.40.